The molecule has 4 aromatic rings. The minimum absolute atomic E-state index is 0.107. The molecule has 6 nitrogen and oxygen atoms in total. The number of hydrogen-bond donors (Lipinski definition) is 1. The van der Waals surface area contributed by atoms with Gasteiger partial charge in [-0.1, -0.05) is 24.3 Å². The van der Waals surface area contributed by atoms with E-state index in [1.165, 1.54) is 24.3 Å². The van der Waals surface area contributed by atoms with Gasteiger partial charge in [0, 0.05) is 23.6 Å². The van der Waals surface area contributed by atoms with E-state index in [0.29, 0.717) is 34.8 Å². The highest BCUT2D eigenvalue weighted by Gasteiger charge is 2.41. The van der Waals surface area contributed by atoms with Gasteiger partial charge in [-0.25, -0.2) is 13.6 Å². The van der Waals surface area contributed by atoms with Crippen molar-refractivity contribution >= 4 is 11.0 Å². The van der Waals surface area contributed by atoms with Gasteiger partial charge >= 0.3 is 5.63 Å². The van der Waals surface area contributed by atoms with Crippen LogP contribution in [0.5, 0.6) is 11.5 Å². The van der Waals surface area contributed by atoms with Gasteiger partial charge in [0.1, 0.15) is 22.8 Å². The van der Waals surface area contributed by atoms with E-state index in [-0.39, 0.29) is 23.2 Å². The first-order valence-corrected chi connectivity index (χ1v) is 14.6. The summed E-state index contributed by atoms with van der Waals surface area (Å²) in [7, 11) is 1.57. The molecule has 0 radical (unpaired) electrons. The van der Waals surface area contributed by atoms with E-state index >= 15 is 0 Å². The van der Waals surface area contributed by atoms with Crippen molar-refractivity contribution in [1.29, 1.82) is 0 Å². The molecule has 1 fully saturated rings. The average Bonchev–Trinajstić information content (AvgIpc) is 3.51. The molecule has 220 valence electrons. The standard InChI is InChI=1S/C34H35F2NO5/c1-40-31-21-30-29(27-4-2-5-28(27)33(38)42-30)20-32(31)41-19-3-16-37-17-14-24(15-18-37)34(39,22-6-10-25(35)11-7-22)23-8-12-26(36)13-9-23/h6-13,20-21,24,39H,2-5,14-19H2,1H3. The molecule has 6 rings (SSSR count). The summed E-state index contributed by atoms with van der Waals surface area (Å²) in [4.78, 5) is 14.7. The number of halogens is 2. The first-order valence-electron chi connectivity index (χ1n) is 14.6. The Kier molecular flexibility index (Phi) is 8.01. The Morgan fingerprint density at radius 1 is 0.929 bits per heavy atom. The minimum Gasteiger partial charge on any atom is -0.493 e. The lowest BCUT2D eigenvalue weighted by Gasteiger charge is -2.42. The van der Waals surface area contributed by atoms with Crippen LogP contribution < -0.4 is 15.1 Å². The van der Waals surface area contributed by atoms with Crippen molar-refractivity contribution in [2.24, 2.45) is 5.92 Å². The molecular formula is C34H35F2NO5. The molecule has 0 atom stereocenters. The summed E-state index contributed by atoms with van der Waals surface area (Å²) in [5, 5.41) is 13.0. The van der Waals surface area contributed by atoms with E-state index in [1.807, 2.05) is 6.07 Å². The van der Waals surface area contributed by atoms with Crippen LogP contribution in [-0.2, 0) is 18.4 Å². The second-order valence-electron chi connectivity index (χ2n) is 11.3. The van der Waals surface area contributed by atoms with Crippen LogP contribution in [-0.4, -0.2) is 43.4 Å². The third-order valence-electron chi connectivity index (χ3n) is 8.88. The van der Waals surface area contributed by atoms with Crippen molar-refractivity contribution < 1.29 is 27.8 Å². The highest BCUT2D eigenvalue weighted by Crippen LogP contribution is 2.42. The zero-order valence-corrected chi connectivity index (χ0v) is 23.7. The Labute approximate surface area is 243 Å². The van der Waals surface area contributed by atoms with E-state index in [4.69, 9.17) is 13.9 Å². The predicted octanol–water partition coefficient (Wildman–Crippen LogP) is 5.99. The number of methoxy groups -OCH3 is 1. The fourth-order valence-corrected chi connectivity index (χ4v) is 6.65. The molecule has 3 aromatic carbocycles. The number of ether oxygens (including phenoxy) is 2. The van der Waals surface area contributed by atoms with Gasteiger partial charge in [0.15, 0.2) is 11.5 Å². The molecule has 8 heteroatoms. The lowest BCUT2D eigenvalue weighted by atomic mass is 9.72. The first-order chi connectivity index (χ1) is 20.4. The number of rotatable bonds is 9. The summed E-state index contributed by atoms with van der Waals surface area (Å²) in [5.41, 5.74) is 1.96. The second-order valence-corrected chi connectivity index (χ2v) is 11.3. The Balaban J connectivity index is 1.09. The monoisotopic (exact) mass is 575 g/mol. The van der Waals surface area contributed by atoms with Gasteiger partial charge in [0.05, 0.1) is 13.7 Å². The van der Waals surface area contributed by atoms with Crippen molar-refractivity contribution in [2.75, 3.05) is 33.4 Å². The zero-order chi connectivity index (χ0) is 29.3. The van der Waals surface area contributed by atoms with Gasteiger partial charge in [-0.2, -0.15) is 0 Å². The number of likely N-dealkylation sites (tertiary alicyclic amines) is 1. The molecule has 1 aliphatic heterocycles. The number of aliphatic hydroxyl groups is 1. The molecular weight excluding hydrogens is 540 g/mol. The molecule has 42 heavy (non-hydrogen) atoms. The smallest absolute Gasteiger partial charge is 0.339 e. The van der Waals surface area contributed by atoms with Crippen LogP contribution in [0.2, 0.25) is 0 Å². The van der Waals surface area contributed by atoms with Crippen LogP contribution in [0, 0.1) is 17.6 Å². The molecule has 0 saturated carbocycles. The lowest BCUT2D eigenvalue weighted by Crippen LogP contribution is -2.44. The molecule has 2 heterocycles. The van der Waals surface area contributed by atoms with E-state index in [9.17, 15) is 18.7 Å². The molecule has 0 amide bonds. The van der Waals surface area contributed by atoms with Crippen LogP contribution in [0.25, 0.3) is 11.0 Å². The predicted molar refractivity (Wildman–Crippen MR) is 156 cm³/mol. The lowest BCUT2D eigenvalue weighted by molar-refractivity contribution is -0.0147. The Hall–Kier alpha value is -3.75. The second kappa shape index (κ2) is 11.9. The van der Waals surface area contributed by atoms with Crippen LogP contribution in [0.1, 0.15) is 47.9 Å². The molecule has 1 aliphatic carbocycles. The summed E-state index contributed by atoms with van der Waals surface area (Å²) in [6.07, 6.45) is 4.83. The van der Waals surface area contributed by atoms with Crippen LogP contribution in [0.4, 0.5) is 8.78 Å². The van der Waals surface area contributed by atoms with E-state index in [2.05, 4.69) is 4.90 Å². The highest BCUT2D eigenvalue weighted by molar-refractivity contribution is 5.85. The Bertz CT molecular complexity index is 1560. The largest absolute Gasteiger partial charge is 0.493 e. The first kappa shape index (κ1) is 28.4. The van der Waals surface area contributed by atoms with Gasteiger partial charge in [0.25, 0.3) is 0 Å². The van der Waals surface area contributed by atoms with Gasteiger partial charge in [0.2, 0.25) is 0 Å². The maximum absolute atomic E-state index is 13.7. The van der Waals surface area contributed by atoms with Crippen molar-refractivity contribution in [2.45, 2.75) is 44.1 Å². The SMILES string of the molecule is COc1cc2oc(=O)c3c(c2cc1OCCCN1CCC(C(O)(c2ccc(F)cc2)c2ccc(F)cc2)CC1)CCC3. The van der Waals surface area contributed by atoms with E-state index < -0.39 is 5.60 Å². The number of hydrogen-bond acceptors (Lipinski definition) is 6. The van der Waals surface area contributed by atoms with Crippen molar-refractivity contribution in [3.05, 3.63) is 105 Å². The quantitative estimate of drug-likeness (QED) is 0.195. The molecule has 2 aliphatic rings. The Morgan fingerprint density at radius 2 is 1.55 bits per heavy atom. The summed E-state index contributed by atoms with van der Waals surface area (Å²) in [6, 6.07) is 15.5. The van der Waals surface area contributed by atoms with Crippen molar-refractivity contribution in [1.82, 2.24) is 4.90 Å². The zero-order valence-electron chi connectivity index (χ0n) is 23.7. The molecule has 0 unspecified atom stereocenters. The fraction of sp³-hybridized carbons (Fsp3) is 0.382. The van der Waals surface area contributed by atoms with Crippen LogP contribution in [0.3, 0.4) is 0 Å². The van der Waals surface area contributed by atoms with Crippen LogP contribution >= 0.6 is 0 Å². The molecule has 0 bridgehead atoms. The number of piperidine rings is 1. The number of aryl methyl sites for hydroxylation is 1. The van der Waals surface area contributed by atoms with Gasteiger partial charge < -0.3 is 23.9 Å². The van der Waals surface area contributed by atoms with Gasteiger partial charge in [-0.3, -0.25) is 0 Å². The summed E-state index contributed by atoms with van der Waals surface area (Å²) < 4.78 is 44.6. The Morgan fingerprint density at radius 3 is 2.17 bits per heavy atom. The molecule has 1 N–H and O–H groups in total. The normalized spacial score (nSPS) is 16.1. The summed E-state index contributed by atoms with van der Waals surface area (Å²) in [5.74, 6) is 0.327. The minimum atomic E-state index is -1.34. The third kappa shape index (κ3) is 5.41. The number of benzene rings is 3. The number of nitrogens with zero attached hydrogens (tertiary/aromatic N) is 1. The highest BCUT2D eigenvalue weighted by atomic mass is 19.1. The van der Waals surface area contributed by atoms with Crippen molar-refractivity contribution in [3.63, 3.8) is 0 Å². The maximum Gasteiger partial charge on any atom is 0.339 e. The topological polar surface area (TPSA) is 72.1 Å². The fourth-order valence-electron chi connectivity index (χ4n) is 6.65. The molecule has 1 aromatic heterocycles. The number of fused-ring (bicyclic) bond motifs is 3. The third-order valence-corrected chi connectivity index (χ3v) is 8.88. The maximum atomic E-state index is 13.7. The average molecular weight is 576 g/mol. The van der Waals surface area contributed by atoms with E-state index in [0.717, 1.165) is 74.7 Å². The van der Waals surface area contributed by atoms with Crippen molar-refractivity contribution in [3.8, 4) is 11.5 Å². The van der Waals surface area contributed by atoms with Crippen LogP contribution in [0.15, 0.2) is 69.9 Å². The van der Waals surface area contributed by atoms with E-state index in [1.54, 1.807) is 37.4 Å². The van der Waals surface area contributed by atoms with Gasteiger partial charge in [-0.15, -0.1) is 0 Å². The summed E-state index contributed by atoms with van der Waals surface area (Å²) >= 11 is 0. The molecule has 0 spiro atoms. The molecule has 1 saturated heterocycles. The van der Waals surface area contributed by atoms with Gasteiger partial charge in [-0.05, 0) is 105 Å². The summed E-state index contributed by atoms with van der Waals surface area (Å²) in [6.45, 7) is 2.91.